The van der Waals surface area contributed by atoms with Crippen LogP contribution in [0, 0.1) is 5.82 Å². The van der Waals surface area contributed by atoms with Crippen LogP contribution in [-0.2, 0) is 14.9 Å². The largest absolute Gasteiger partial charge is 0.490 e. The van der Waals surface area contributed by atoms with E-state index in [-0.39, 0.29) is 18.9 Å². The third-order valence-corrected chi connectivity index (χ3v) is 4.32. The van der Waals surface area contributed by atoms with Gasteiger partial charge in [0.25, 0.3) is 0 Å². The molecule has 5 nitrogen and oxygen atoms in total. The van der Waals surface area contributed by atoms with Crippen LogP contribution >= 0.6 is 0 Å². The molecule has 0 saturated heterocycles. The van der Waals surface area contributed by atoms with Crippen molar-refractivity contribution in [2.45, 2.75) is 25.7 Å². The first-order chi connectivity index (χ1) is 12.7. The van der Waals surface area contributed by atoms with Gasteiger partial charge in [-0.05, 0) is 37.3 Å². The SMILES string of the molecule is CC(=O)OCC1(C)COc2c1cc(C(=O)C(F)F)nc2-c1ccc(F)cc1. The molecule has 0 fully saturated rings. The maximum atomic E-state index is 13.2. The van der Waals surface area contributed by atoms with E-state index in [1.165, 1.54) is 37.3 Å². The first-order valence-corrected chi connectivity index (χ1v) is 8.11. The molecule has 0 amide bonds. The molecule has 1 unspecified atom stereocenters. The lowest BCUT2D eigenvalue weighted by Gasteiger charge is -2.22. The third kappa shape index (κ3) is 3.65. The molecule has 0 aliphatic carbocycles. The highest BCUT2D eigenvalue weighted by Crippen LogP contribution is 2.44. The topological polar surface area (TPSA) is 65.5 Å². The molecule has 27 heavy (non-hydrogen) atoms. The van der Waals surface area contributed by atoms with Crippen LogP contribution in [0.4, 0.5) is 13.2 Å². The van der Waals surface area contributed by atoms with Crippen molar-refractivity contribution in [3.8, 4) is 17.0 Å². The zero-order valence-corrected chi connectivity index (χ0v) is 14.6. The summed E-state index contributed by atoms with van der Waals surface area (Å²) in [6.45, 7) is 3.04. The summed E-state index contributed by atoms with van der Waals surface area (Å²) in [6, 6.07) is 6.46. The minimum absolute atomic E-state index is 0.0511. The van der Waals surface area contributed by atoms with Crippen molar-refractivity contribution in [2.24, 2.45) is 0 Å². The van der Waals surface area contributed by atoms with Gasteiger partial charge >= 0.3 is 12.4 Å². The van der Waals surface area contributed by atoms with Gasteiger partial charge in [0.2, 0.25) is 5.78 Å². The minimum Gasteiger partial charge on any atom is -0.490 e. The predicted molar refractivity (Wildman–Crippen MR) is 89.4 cm³/mol. The van der Waals surface area contributed by atoms with Crippen molar-refractivity contribution in [1.29, 1.82) is 0 Å². The van der Waals surface area contributed by atoms with Gasteiger partial charge in [0.15, 0.2) is 0 Å². The van der Waals surface area contributed by atoms with Crippen LogP contribution in [0.1, 0.15) is 29.9 Å². The van der Waals surface area contributed by atoms with E-state index in [1.807, 2.05) is 0 Å². The lowest BCUT2D eigenvalue weighted by atomic mass is 9.84. The van der Waals surface area contributed by atoms with Crippen molar-refractivity contribution in [2.75, 3.05) is 13.2 Å². The van der Waals surface area contributed by atoms with Crippen LogP contribution in [0.5, 0.6) is 5.75 Å². The lowest BCUT2D eigenvalue weighted by molar-refractivity contribution is -0.142. The third-order valence-electron chi connectivity index (χ3n) is 4.32. The molecule has 0 radical (unpaired) electrons. The molecule has 2 aromatic rings. The van der Waals surface area contributed by atoms with E-state index < -0.39 is 35.1 Å². The maximum Gasteiger partial charge on any atom is 0.302 e. The lowest BCUT2D eigenvalue weighted by Crippen LogP contribution is -2.31. The fourth-order valence-electron chi connectivity index (χ4n) is 2.86. The summed E-state index contributed by atoms with van der Waals surface area (Å²) < 4.78 is 49.9. The van der Waals surface area contributed by atoms with Gasteiger partial charge in [0.05, 0.1) is 5.41 Å². The molecular weight excluding hydrogens is 363 g/mol. The van der Waals surface area contributed by atoms with Crippen LogP contribution in [0.3, 0.4) is 0 Å². The van der Waals surface area contributed by atoms with Gasteiger partial charge in [0, 0.05) is 18.1 Å². The quantitative estimate of drug-likeness (QED) is 0.587. The van der Waals surface area contributed by atoms with E-state index in [9.17, 15) is 22.8 Å². The Labute approximate surface area is 153 Å². The van der Waals surface area contributed by atoms with Gasteiger partial charge in [-0.3, -0.25) is 9.59 Å². The highest BCUT2D eigenvalue weighted by molar-refractivity contribution is 5.98. The Hall–Kier alpha value is -2.90. The van der Waals surface area contributed by atoms with Crippen molar-refractivity contribution in [3.63, 3.8) is 0 Å². The summed E-state index contributed by atoms with van der Waals surface area (Å²) in [6.07, 6.45) is -3.22. The van der Waals surface area contributed by atoms with Crippen molar-refractivity contribution in [1.82, 2.24) is 4.98 Å². The van der Waals surface area contributed by atoms with Crippen LogP contribution < -0.4 is 4.74 Å². The number of pyridine rings is 1. The van der Waals surface area contributed by atoms with Crippen LogP contribution in [-0.4, -0.2) is 36.4 Å². The number of carbonyl (C=O) groups excluding carboxylic acids is 2. The molecule has 8 heteroatoms. The Balaban J connectivity index is 2.16. The number of Topliss-reactive ketones (excluding diaryl/α,β-unsaturated/α-hetero) is 1. The fraction of sp³-hybridized carbons (Fsp3) is 0.316. The van der Waals surface area contributed by atoms with Crippen LogP contribution in [0.15, 0.2) is 30.3 Å². The van der Waals surface area contributed by atoms with Crippen molar-refractivity contribution < 1.29 is 32.2 Å². The van der Waals surface area contributed by atoms with Crippen LogP contribution in [0.25, 0.3) is 11.3 Å². The Bertz CT molecular complexity index is 899. The first kappa shape index (κ1) is 18.9. The number of ether oxygens (including phenoxy) is 2. The Morgan fingerprint density at radius 1 is 1.30 bits per heavy atom. The van der Waals surface area contributed by atoms with E-state index in [0.29, 0.717) is 16.9 Å². The summed E-state index contributed by atoms with van der Waals surface area (Å²) in [7, 11) is 0. The molecule has 1 atom stereocenters. The number of benzene rings is 1. The number of ketones is 1. The van der Waals surface area contributed by atoms with Gasteiger partial charge in [-0.25, -0.2) is 18.2 Å². The molecule has 0 spiro atoms. The Morgan fingerprint density at radius 3 is 2.56 bits per heavy atom. The minimum atomic E-state index is -3.22. The molecule has 3 rings (SSSR count). The number of fused-ring (bicyclic) bond motifs is 1. The van der Waals surface area contributed by atoms with Gasteiger partial charge in [-0.1, -0.05) is 0 Å². The van der Waals surface area contributed by atoms with Gasteiger partial charge in [-0.15, -0.1) is 0 Å². The first-order valence-electron chi connectivity index (χ1n) is 8.11. The van der Waals surface area contributed by atoms with Gasteiger partial charge in [-0.2, -0.15) is 0 Å². The van der Waals surface area contributed by atoms with Crippen molar-refractivity contribution >= 4 is 11.8 Å². The number of hydrogen-bond acceptors (Lipinski definition) is 5. The molecule has 1 aromatic carbocycles. The Kier molecular flexibility index (Phi) is 4.91. The second-order valence-corrected chi connectivity index (χ2v) is 6.53. The number of alkyl halides is 2. The second-order valence-electron chi connectivity index (χ2n) is 6.53. The summed E-state index contributed by atoms with van der Waals surface area (Å²) in [5.74, 6) is -2.11. The molecular formula is C19H16F3NO4. The number of rotatable bonds is 5. The highest BCUT2D eigenvalue weighted by atomic mass is 19.3. The summed E-state index contributed by atoms with van der Waals surface area (Å²) in [5, 5.41) is 0. The predicted octanol–water partition coefficient (Wildman–Crippen LogP) is 3.55. The molecule has 1 aliphatic rings. The number of esters is 1. The molecule has 0 N–H and O–H groups in total. The normalized spacial score (nSPS) is 18.1. The summed E-state index contributed by atoms with van der Waals surface area (Å²) >= 11 is 0. The number of aromatic nitrogens is 1. The van der Waals surface area contributed by atoms with E-state index in [0.717, 1.165) is 0 Å². The number of carbonyl (C=O) groups is 2. The van der Waals surface area contributed by atoms with E-state index in [1.54, 1.807) is 6.92 Å². The smallest absolute Gasteiger partial charge is 0.302 e. The van der Waals surface area contributed by atoms with E-state index in [2.05, 4.69) is 4.98 Å². The number of hydrogen-bond donors (Lipinski definition) is 0. The highest BCUT2D eigenvalue weighted by Gasteiger charge is 2.41. The van der Waals surface area contributed by atoms with Gasteiger partial charge < -0.3 is 9.47 Å². The van der Waals surface area contributed by atoms with Crippen molar-refractivity contribution in [3.05, 3.63) is 47.4 Å². The molecule has 0 saturated carbocycles. The monoisotopic (exact) mass is 379 g/mol. The van der Waals surface area contributed by atoms with Crippen LogP contribution in [0.2, 0.25) is 0 Å². The number of halogens is 3. The molecule has 1 aromatic heterocycles. The molecule has 142 valence electrons. The molecule has 0 bridgehead atoms. The average Bonchev–Trinajstić information content (AvgIpc) is 2.97. The summed E-state index contributed by atoms with van der Waals surface area (Å²) in [5.41, 5.74) is -0.267. The van der Waals surface area contributed by atoms with E-state index in [4.69, 9.17) is 9.47 Å². The Morgan fingerprint density at radius 2 is 1.96 bits per heavy atom. The fourth-order valence-corrected chi connectivity index (χ4v) is 2.86. The summed E-state index contributed by atoms with van der Waals surface area (Å²) in [4.78, 5) is 27.1. The maximum absolute atomic E-state index is 13.2. The van der Waals surface area contributed by atoms with E-state index >= 15 is 0 Å². The number of nitrogens with zero attached hydrogens (tertiary/aromatic N) is 1. The standard InChI is InChI=1S/C19H16F3NO4/c1-10(24)26-8-19(2)9-27-17-13(19)7-14(16(25)18(21)22)23-15(17)11-3-5-12(20)6-4-11/h3-7,18H,8-9H2,1-2H3. The zero-order chi connectivity index (χ0) is 19.8. The average molecular weight is 379 g/mol. The molecule has 2 heterocycles. The second kappa shape index (κ2) is 7.02. The zero-order valence-electron chi connectivity index (χ0n) is 14.6. The molecule has 1 aliphatic heterocycles. The van der Waals surface area contributed by atoms with Gasteiger partial charge in [0.1, 0.15) is 36.2 Å².